The van der Waals surface area contributed by atoms with Crippen LogP contribution in [0.1, 0.15) is 65.5 Å². The summed E-state index contributed by atoms with van der Waals surface area (Å²) in [7, 11) is -6.27. The second-order valence-corrected chi connectivity index (χ2v) is 25.2. The number of nitrogens with one attached hydrogen (secondary N) is 1. The van der Waals surface area contributed by atoms with E-state index in [0.29, 0.717) is 46.8 Å². The van der Waals surface area contributed by atoms with Gasteiger partial charge < -0.3 is 13.9 Å². The Morgan fingerprint density at radius 2 is 1.49 bits per heavy atom. The van der Waals surface area contributed by atoms with Crippen molar-refractivity contribution in [3.63, 3.8) is 0 Å². The summed E-state index contributed by atoms with van der Waals surface area (Å²) in [5.74, 6) is 0.726. The summed E-state index contributed by atoms with van der Waals surface area (Å²) in [6.07, 6.45) is -3.31. The van der Waals surface area contributed by atoms with E-state index in [-0.39, 0.29) is 28.6 Å². The summed E-state index contributed by atoms with van der Waals surface area (Å²) < 4.78 is 87.9. The molecule has 0 saturated carbocycles. The number of carbonyl (C=O) groups excluding carboxylic acids is 1. The molecule has 0 bridgehead atoms. The van der Waals surface area contributed by atoms with Crippen LogP contribution in [0, 0.1) is 0 Å². The molecular formula is C46H54F3N3O6S2Si. The highest BCUT2D eigenvalue weighted by Crippen LogP contribution is 2.41. The maximum absolute atomic E-state index is 14.1. The van der Waals surface area contributed by atoms with E-state index in [0.717, 1.165) is 23.4 Å². The van der Waals surface area contributed by atoms with Gasteiger partial charge in [-0.25, -0.2) is 18.2 Å². The Morgan fingerprint density at radius 3 is 2.08 bits per heavy atom. The van der Waals surface area contributed by atoms with Gasteiger partial charge in [-0.1, -0.05) is 75.4 Å². The molecule has 326 valence electrons. The topological polar surface area (TPSA) is 107 Å². The minimum atomic E-state index is -4.43. The summed E-state index contributed by atoms with van der Waals surface area (Å²) in [5.41, 5.74) is 1.59. The first-order valence-electron chi connectivity index (χ1n) is 20.2. The number of ether oxygens (including phenoxy) is 2. The van der Waals surface area contributed by atoms with Gasteiger partial charge in [0.1, 0.15) is 23.0 Å². The summed E-state index contributed by atoms with van der Waals surface area (Å²) in [4.78, 5) is 20.5. The number of anilines is 1. The third-order valence-corrected chi connectivity index (χ3v) is 17.9. The zero-order chi connectivity index (χ0) is 44.4. The van der Waals surface area contributed by atoms with Crippen LogP contribution in [0.3, 0.4) is 0 Å². The lowest BCUT2D eigenvalue weighted by molar-refractivity contribution is -0.137. The fourth-order valence-corrected chi connectivity index (χ4v) is 10.1. The second kappa shape index (κ2) is 18.0. The highest BCUT2D eigenvalue weighted by molar-refractivity contribution is 7.92. The van der Waals surface area contributed by atoms with E-state index >= 15 is 0 Å². The van der Waals surface area contributed by atoms with Gasteiger partial charge in [-0.3, -0.25) is 9.62 Å². The molecule has 0 spiro atoms. The van der Waals surface area contributed by atoms with Crippen molar-refractivity contribution >= 4 is 41.5 Å². The van der Waals surface area contributed by atoms with E-state index in [1.165, 1.54) is 35.6 Å². The molecule has 1 saturated heterocycles. The molecule has 6 rings (SSSR count). The summed E-state index contributed by atoms with van der Waals surface area (Å²) in [6, 6.07) is 27.3. The molecule has 1 fully saturated rings. The van der Waals surface area contributed by atoms with Crippen LogP contribution in [0.25, 0.3) is 21.8 Å². The minimum Gasteiger partial charge on any atom is -0.491 e. The fourth-order valence-electron chi connectivity index (χ4n) is 6.89. The molecule has 4 aromatic carbocycles. The van der Waals surface area contributed by atoms with Crippen molar-refractivity contribution < 1.29 is 40.3 Å². The summed E-state index contributed by atoms with van der Waals surface area (Å²) >= 11 is 1.31. The number of hydrogen-bond acceptors (Lipinski definition) is 8. The average Bonchev–Trinajstić information content (AvgIpc) is 3.85. The molecule has 0 radical (unpaired) electrons. The molecule has 1 aliphatic rings. The van der Waals surface area contributed by atoms with Crippen LogP contribution in [0.15, 0.2) is 113 Å². The third kappa shape index (κ3) is 11.6. The first-order chi connectivity index (χ1) is 28.5. The summed E-state index contributed by atoms with van der Waals surface area (Å²) in [5, 5.41) is 2.27. The Kier molecular flexibility index (Phi) is 13.5. The van der Waals surface area contributed by atoms with Gasteiger partial charge in [-0.15, -0.1) is 11.3 Å². The van der Waals surface area contributed by atoms with Crippen molar-refractivity contribution in [1.29, 1.82) is 0 Å². The Bertz CT molecular complexity index is 2360. The van der Waals surface area contributed by atoms with E-state index < -0.39 is 47.9 Å². The molecule has 1 amide bonds. The van der Waals surface area contributed by atoms with Gasteiger partial charge in [0.05, 0.1) is 28.3 Å². The number of para-hydroxylation sites is 1. The van der Waals surface area contributed by atoms with E-state index in [2.05, 4.69) is 43.6 Å². The van der Waals surface area contributed by atoms with Crippen LogP contribution < -0.4 is 9.46 Å². The zero-order valence-corrected chi connectivity index (χ0v) is 38.4. The number of likely N-dealkylation sites (tertiary alicyclic amines) is 1. The smallest absolute Gasteiger partial charge is 0.416 e. The first-order valence-corrected chi connectivity index (χ1v) is 25.5. The van der Waals surface area contributed by atoms with Gasteiger partial charge in [-0.2, -0.15) is 13.2 Å². The number of halogens is 3. The highest BCUT2D eigenvalue weighted by atomic mass is 32.2. The molecule has 1 aromatic heterocycles. The van der Waals surface area contributed by atoms with Crippen LogP contribution in [-0.2, 0) is 31.8 Å². The Hall–Kier alpha value is -4.70. The van der Waals surface area contributed by atoms with Crippen molar-refractivity contribution in [3.05, 3.63) is 120 Å². The number of amides is 1. The van der Waals surface area contributed by atoms with Crippen LogP contribution >= 0.6 is 11.3 Å². The number of carbonyl (C=O) groups is 1. The van der Waals surface area contributed by atoms with E-state index in [1.807, 2.05) is 68.1 Å². The molecule has 2 heterocycles. The molecule has 61 heavy (non-hydrogen) atoms. The normalized spacial score (nSPS) is 16.9. The van der Waals surface area contributed by atoms with Gasteiger partial charge >= 0.3 is 12.3 Å². The molecule has 3 atom stereocenters. The van der Waals surface area contributed by atoms with E-state index in [1.54, 1.807) is 29.6 Å². The van der Waals surface area contributed by atoms with Crippen molar-refractivity contribution in [3.8, 4) is 27.6 Å². The SMILES string of the molecule is CC(C)(C)OC(=O)N1[C@H](Cc2ccc(NS(=O)(=O)c3ccc(-c4nc(-c5ccc(C(F)(F)F)cc5)cs4)cc3)cc2)CC[C@@H]1[C@@H](COc1ccccc1)O[Si](C)(C)C(C)(C)C. The summed E-state index contributed by atoms with van der Waals surface area (Å²) in [6.45, 7) is 16.8. The fraction of sp³-hybridized carbons (Fsp3) is 0.391. The molecular weight excluding hydrogens is 840 g/mol. The molecule has 0 unspecified atom stereocenters. The minimum absolute atomic E-state index is 0.0514. The quantitative estimate of drug-likeness (QED) is 0.117. The maximum Gasteiger partial charge on any atom is 0.416 e. The molecule has 15 heteroatoms. The zero-order valence-electron chi connectivity index (χ0n) is 35.7. The van der Waals surface area contributed by atoms with E-state index in [4.69, 9.17) is 13.9 Å². The molecule has 9 nitrogen and oxygen atoms in total. The number of sulfonamides is 1. The van der Waals surface area contributed by atoms with Gasteiger partial charge in [0.15, 0.2) is 8.32 Å². The van der Waals surface area contributed by atoms with Crippen LogP contribution in [0.4, 0.5) is 23.7 Å². The highest BCUT2D eigenvalue weighted by Gasteiger charge is 2.47. The standard InChI is InChI=1S/C46H54F3N3O6S2Si/c1-44(2,3)57-43(53)52-36(24-27-40(52)41(58-61(7,8)45(4,5)6)29-56-37-12-10-9-11-13-37)28-31-14-22-35(23-15-31)51-60(54,55)38-25-18-33(19-26-38)42-50-39(30-59-42)32-16-20-34(21-17-32)46(47,48)49/h9-23,25-26,30,36,40-41,51H,24,27-29H2,1-8H3/t36-,40+,41+/m0/s1. The number of nitrogens with zero attached hydrogens (tertiary/aromatic N) is 2. The molecule has 5 aromatic rings. The van der Waals surface area contributed by atoms with E-state index in [9.17, 15) is 26.4 Å². The first kappa shape index (κ1) is 45.8. The van der Waals surface area contributed by atoms with Gasteiger partial charge in [0.2, 0.25) is 0 Å². The second-order valence-electron chi connectivity index (χ2n) is 17.9. The van der Waals surface area contributed by atoms with Crippen molar-refractivity contribution in [2.75, 3.05) is 11.3 Å². The van der Waals surface area contributed by atoms with Crippen molar-refractivity contribution in [1.82, 2.24) is 9.88 Å². The monoisotopic (exact) mass is 893 g/mol. The number of alkyl halides is 3. The molecule has 1 N–H and O–H groups in total. The van der Waals surface area contributed by atoms with Gasteiger partial charge in [0.25, 0.3) is 10.0 Å². The number of aromatic nitrogens is 1. The number of thiazole rings is 1. The van der Waals surface area contributed by atoms with Crippen molar-refractivity contribution in [2.24, 2.45) is 0 Å². The Morgan fingerprint density at radius 1 is 0.869 bits per heavy atom. The molecule has 1 aliphatic heterocycles. The Balaban J connectivity index is 1.15. The lowest BCUT2D eigenvalue weighted by atomic mass is 10.0. The largest absolute Gasteiger partial charge is 0.491 e. The Labute approximate surface area is 362 Å². The lowest BCUT2D eigenvalue weighted by Crippen LogP contribution is -2.55. The lowest BCUT2D eigenvalue weighted by Gasteiger charge is -2.43. The number of benzene rings is 4. The average molecular weight is 894 g/mol. The van der Waals surface area contributed by atoms with Gasteiger partial charge in [-0.05, 0) is 112 Å². The van der Waals surface area contributed by atoms with Crippen LogP contribution in [0.5, 0.6) is 5.75 Å². The predicted octanol–water partition coefficient (Wildman–Crippen LogP) is 12.1. The predicted molar refractivity (Wildman–Crippen MR) is 238 cm³/mol. The van der Waals surface area contributed by atoms with Crippen LogP contribution in [-0.4, -0.2) is 63.1 Å². The number of hydrogen-bond donors (Lipinski definition) is 1. The van der Waals surface area contributed by atoms with Gasteiger partial charge in [0, 0.05) is 28.2 Å². The number of rotatable bonds is 13. The van der Waals surface area contributed by atoms with Crippen molar-refractivity contribution in [2.45, 2.75) is 114 Å². The van der Waals surface area contributed by atoms with Crippen LogP contribution in [0.2, 0.25) is 18.1 Å². The third-order valence-electron chi connectivity index (χ3n) is 11.1. The molecule has 0 aliphatic carbocycles. The maximum atomic E-state index is 14.1.